The van der Waals surface area contributed by atoms with Crippen molar-refractivity contribution in [1.82, 2.24) is 9.88 Å². The first-order valence-electron chi connectivity index (χ1n) is 6.70. The number of likely N-dealkylation sites (N-methyl/N-ethyl adjacent to an activating group) is 1. The molecule has 0 amide bonds. The number of pyridine rings is 1. The van der Waals surface area contributed by atoms with Crippen molar-refractivity contribution < 1.29 is 5.11 Å². The summed E-state index contributed by atoms with van der Waals surface area (Å²) in [6.07, 6.45) is 0.906. The molecule has 0 aromatic carbocycles. The maximum atomic E-state index is 9.33. The standard InChI is InChI=1S/C14H23N3O/c1-4-13-7-12(10-18)8-14(15-13)17-6-5-16(3)9-11(17)2/h7-8,11,18H,4-6,9-10H2,1-3H3. The van der Waals surface area contributed by atoms with Gasteiger partial charge in [0.15, 0.2) is 0 Å². The predicted octanol–water partition coefficient (Wildman–Crippen LogP) is 1.28. The van der Waals surface area contributed by atoms with Gasteiger partial charge >= 0.3 is 0 Å². The van der Waals surface area contributed by atoms with Crippen LogP contribution in [-0.4, -0.2) is 47.7 Å². The van der Waals surface area contributed by atoms with Gasteiger partial charge < -0.3 is 14.9 Å². The normalized spacial score (nSPS) is 21.3. The summed E-state index contributed by atoms with van der Waals surface area (Å²) < 4.78 is 0. The van der Waals surface area contributed by atoms with E-state index in [0.717, 1.165) is 43.1 Å². The number of anilines is 1. The van der Waals surface area contributed by atoms with E-state index in [4.69, 9.17) is 4.98 Å². The van der Waals surface area contributed by atoms with Gasteiger partial charge in [-0.2, -0.15) is 0 Å². The van der Waals surface area contributed by atoms with Crippen LogP contribution in [-0.2, 0) is 13.0 Å². The molecular weight excluding hydrogens is 226 g/mol. The van der Waals surface area contributed by atoms with Gasteiger partial charge in [0.05, 0.1) is 6.61 Å². The Labute approximate surface area is 109 Å². The minimum Gasteiger partial charge on any atom is -0.392 e. The Hall–Kier alpha value is -1.13. The first kappa shape index (κ1) is 13.3. The largest absolute Gasteiger partial charge is 0.392 e. The molecule has 1 fully saturated rings. The lowest BCUT2D eigenvalue weighted by molar-refractivity contribution is 0.273. The van der Waals surface area contributed by atoms with Crippen LogP contribution in [0.5, 0.6) is 0 Å². The minimum atomic E-state index is 0.0879. The molecule has 100 valence electrons. The Morgan fingerprint density at radius 1 is 1.39 bits per heavy atom. The molecule has 2 heterocycles. The second-order valence-electron chi connectivity index (χ2n) is 5.14. The monoisotopic (exact) mass is 249 g/mol. The Morgan fingerprint density at radius 3 is 2.78 bits per heavy atom. The fourth-order valence-corrected chi connectivity index (χ4v) is 2.53. The SMILES string of the molecule is CCc1cc(CO)cc(N2CCN(C)CC2C)n1. The van der Waals surface area contributed by atoms with Crippen LogP contribution in [0.25, 0.3) is 0 Å². The summed E-state index contributed by atoms with van der Waals surface area (Å²) in [5, 5.41) is 9.33. The van der Waals surface area contributed by atoms with E-state index >= 15 is 0 Å². The van der Waals surface area contributed by atoms with E-state index in [1.807, 2.05) is 12.1 Å². The average Bonchev–Trinajstić information content (AvgIpc) is 2.38. The molecule has 0 spiro atoms. The van der Waals surface area contributed by atoms with E-state index in [1.54, 1.807) is 0 Å². The molecule has 0 aliphatic carbocycles. The second-order valence-corrected chi connectivity index (χ2v) is 5.14. The number of aryl methyl sites for hydroxylation is 1. The van der Waals surface area contributed by atoms with Gasteiger partial charge in [0.2, 0.25) is 0 Å². The molecule has 0 saturated carbocycles. The Kier molecular flexibility index (Phi) is 4.19. The average molecular weight is 249 g/mol. The summed E-state index contributed by atoms with van der Waals surface area (Å²) in [7, 11) is 2.16. The summed E-state index contributed by atoms with van der Waals surface area (Å²) >= 11 is 0. The highest BCUT2D eigenvalue weighted by atomic mass is 16.3. The Bertz CT molecular complexity index is 386. The molecule has 0 bridgehead atoms. The molecule has 1 N–H and O–H groups in total. The highest BCUT2D eigenvalue weighted by Gasteiger charge is 2.22. The van der Waals surface area contributed by atoms with Gasteiger partial charge in [-0.25, -0.2) is 4.98 Å². The molecule has 1 aromatic rings. The number of piperazine rings is 1. The molecule has 4 heteroatoms. The van der Waals surface area contributed by atoms with Crippen molar-refractivity contribution >= 4 is 5.82 Å². The van der Waals surface area contributed by atoms with Crippen molar-refractivity contribution in [2.75, 3.05) is 31.6 Å². The first-order valence-corrected chi connectivity index (χ1v) is 6.70. The van der Waals surface area contributed by atoms with Crippen molar-refractivity contribution in [1.29, 1.82) is 0 Å². The Balaban J connectivity index is 2.26. The summed E-state index contributed by atoms with van der Waals surface area (Å²) in [5.41, 5.74) is 2.02. The molecule has 2 rings (SSSR count). The zero-order valence-electron chi connectivity index (χ0n) is 11.6. The van der Waals surface area contributed by atoms with Crippen molar-refractivity contribution in [3.05, 3.63) is 23.4 Å². The molecule has 1 aliphatic rings. The molecule has 1 aliphatic heterocycles. The third-order valence-electron chi connectivity index (χ3n) is 3.59. The van der Waals surface area contributed by atoms with Crippen LogP contribution in [0.2, 0.25) is 0 Å². The molecule has 1 saturated heterocycles. The third-order valence-corrected chi connectivity index (χ3v) is 3.59. The zero-order valence-corrected chi connectivity index (χ0v) is 11.6. The second kappa shape index (κ2) is 5.67. The van der Waals surface area contributed by atoms with E-state index in [0.29, 0.717) is 6.04 Å². The number of rotatable bonds is 3. The molecular formula is C14H23N3O. The van der Waals surface area contributed by atoms with Gasteiger partial charge in [-0.15, -0.1) is 0 Å². The number of aliphatic hydroxyl groups excluding tert-OH is 1. The molecule has 0 radical (unpaired) electrons. The van der Waals surface area contributed by atoms with Crippen LogP contribution >= 0.6 is 0 Å². The fraction of sp³-hybridized carbons (Fsp3) is 0.643. The topological polar surface area (TPSA) is 39.6 Å². The van der Waals surface area contributed by atoms with Gasteiger partial charge in [0.1, 0.15) is 5.82 Å². The lowest BCUT2D eigenvalue weighted by atomic mass is 10.1. The first-order chi connectivity index (χ1) is 8.63. The molecule has 18 heavy (non-hydrogen) atoms. The van der Waals surface area contributed by atoms with E-state index in [-0.39, 0.29) is 6.61 Å². The number of hydrogen-bond acceptors (Lipinski definition) is 4. The summed E-state index contributed by atoms with van der Waals surface area (Å²) in [5.74, 6) is 1.01. The van der Waals surface area contributed by atoms with Gasteiger partial charge in [-0.05, 0) is 38.1 Å². The van der Waals surface area contributed by atoms with Gasteiger partial charge in [-0.1, -0.05) is 6.92 Å². The number of aromatic nitrogens is 1. The molecule has 4 nitrogen and oxygen atoms in total. The van der Waals surface area contributed by atoms with Crippen LogP contribution in [0.15, 0.2) is 12.1 Å². The lowest BCUT2D eigenvalue weighted by Crippen LogP contribution is -2.50. The quantitative estimate of drug-likeness (QED) is 0.876. The van der Waals surface area contributed by atoms with Crippen LogP contribution in [0, 0.1) is 0 Å². The van der Waals surface area contributed by atoms with E-state index < -0.39 is 0 Å². The zero-order chi connectivity index (χ0) is 13.1. The predicted molar refractivity (Wildman–Crippen MR) is 73.8 cm³/mol. The van der Waals surface area contributed by atoms with Crippen LogP contribution < -0.4 is 4.90 Å². The highest BCUT2D eigenvalue weighted by molar-refractivity contribution is 5.44. The maximum Gasteiger partial charge on any atom is 0.129 e. The van der Waals surface area contributed by atoms with Gasteiger partial charge in [0.25, 0.3) is 0 Å². The molecule has 1 unspecified atom stereocenters. The van der Waals surface area contributed by atoms with E-state index in [9.17, 15) is 5.11 Å². The van der Waals surface area contributed by atoms with E-state index in [2.05, 4.69) is 30.7 Å². The number of hydrogen-bond donors (Lipinski definition) is 1. The van der Waals surface area contributed by atoms with Crippen LogP contribution in [0.1, 0.15) is 25.1 Å². The van der Waals surface area contributed by atoms with Crippen LogP contribution in [0.4, 0.5) is 5.82 Å². The number of aliphatic hydroxyl groups is 1. The van der Waals surface area contributed by atoms with Gasteiger partial charge in [-0.3, -0.25) is 0 Å². The highest BCUT2D eigenvalue weighted by Crippen LogP contribution is 2.20. The summed E-state index contributed by atoms with van der Waals surface area (Å²) in [4.78, 5) is 9.39. The summed E-state index contributed by atoms with van der Waals surface area (Å²) in [6.45, 7) is 7.55. The Morgan fingerprint density at radius 2 is 2.17 bits per heavy atom. The molecule has 1 aromatic heterocycles. The minimum absolute atomic E-state index is 0.0879. The number of nitrogens with zero attached hydrogens (tertiary/aromatic N) is 3. The van der Waals surface area contributed by atoms with Crippen molar-refractivity contribution in [3.63, 3.8) is 0 Å². The van der Waals surface area contributed by atoms with Crippen LogP contribution in [0.3, 0.4) is 0 Å². The fourth-order valence-electron chi connectivity index (χ4n) is 2.53. The lowest BCUT2D eigenvalue weighted by Gasteiger charge is -2.39. The smallest absolute Gasteiger partial charge is 0.129 e. The van der Waals surface area contributed by atoms with Crippen molar-refractivity contribution in [3.8, 4) is 0 Å². The van der Waals surface area contributed by atoms with Crippen molar-refractivity contribution in [2.24, 2.45) is 0 Å². The van der Waals surface area contributed by atoms with E-state index in [1.165, 1.54) is 0 Å². The van der Waals surface area contributed by atoms with Gasteiger partial charge in [0, 0.05) is 31.4 Å². The maximum absolute atomic E-state index is 9.33. The molecule has 1 atom stereocenters. The summed E-state index contributed by atoms with van der Waals surface area (Å²) in [6, 6.07) is 4.47. The van der Waals surface area contributed by atoms with Crippen molar-refractivity contribution in [2.45, 2.75) is 32.9 Å². The third kappa shape index (κ3) is 2.82.